The fourth-order valence-corrected chi connectivity index (χ4v) is 1.99. The minimum absolute atomic E-state index is 0.457. The molecule has 0 saturated heterocycles. The summed E-state index contributed by atoms with van der Waals surface area (Å²) in [7, 11) is 0.457. The number of nitrogens with zero attached hydrogens (tertiary/aromatic N) is 2. The van der Waals surface area contributed by atoms with Crippen LogP contribution in [0, 0.1) is 6.92 Å². The van der Waals surface area contributed by atoms with Gasteiger partial charge in [-0.2, -0.15) is 0 Å². The lowest BCUT2D eigenvalue weighted by Gasteiger charge is -1.97. The molecule has 2 nitrogen and oxygen atoms in total. The van der Waals surface area contributed by atoms with Crippen molar-refractivity contribution >= 4 is 8.51 Å². The van der Waals surface area contributed by atoms with Gasteiger partial charge in [0.1, 0.15) is 0 Å². The van der Waals surface area contributed by atoms with Crippen LogP contribution < -0.4 is 0 Å². The fourth-order valence-electron chi connectivity index (χ4n) is 1.26. The van der Waals surface area contributed by atoms with E-state index in [9.17, 15) is 0 Å². The van der Waals surface area contributed by atoms with Crippen molar-refractivity contribution in [2.75, 3.05) is 0 Å². The Morgan fingerprint density at radius 1 is 1.17 bits per heavy atom. The number of unbranched alkanes of at least 4 members (excludes halogenated alkanes) is 3. The normalized spacial score (nSPS) is 11.2. The first-order valence-corrected chi connectivity index (χ1v) is 5.60. The topological polar surface area (TPSA) is 25.8 Å². The van der Waals surface area contributed by atoms with Crippen LogP contribution in [-0.4, -0.2) is 9.49 Å². The van der Waals surface area contributed by atoms with Crippen LogP contribution in [-0.2, 0) is 6.42 Å². The SMILES string of the molecule is CCCCCCc1n[pH]nc1C. The van der Waals surface area contributed by atoms with E-state index in [-0.39, 0.29) is 0 Å². The van der Waals surface area contributed by atoms with Crippen molar-refractivity contribution in [3.63, 3.8) is 0 Å². The van der Waals surface area contributed by atoms with Crippen LogP contribution >= 0.6 is 8.51 Å². The van der Waals surface area contributed by atoms with E-state index in [2.05, 4.69) is 23.3 Å². The van der Waals surface area contributed by atoms with Gasteiger partial charge in [0.05, 0.1) is 19.9 Å². The summed E-state index contributed by atoms with van der Waals surface area (Å²) in [5.74, 6) is 0. The Morgan fingerprint density at radius 3 is 2.58 bits per heavy atom. The van der Waals surface area contributed by atoms with Gasteiger partial charge in [-0.05, 0) is 19.8 Å². The summed E-state index contributed by atoms with van der Waals surface area (Å²) >= 11 is 0. The summed E-state index contributed by atoms with van der Waals surface area (Å²) in [5.41, 5.74) is 2.43. The van der Waals surface area contributed by atoms with Crippen molar-refractivity contribution in [1.29, 1.82) is 0 Å². The zero-order chi connectivity index (χ0) is 8.81. The third-order valence-corrected chi connectivity index (χ3v) is 2.89. The van der Waals surface area contributed by atoms with Crippen molar-refractivity contribution in [1.82, 2.24) is 9.49 Å². The molecule has 0 saturated carbocycles. The largest absolute Gasteiger partial charge is 0.225 e. The van der Waals surface area contributed by atoms with E-state index < -0.39 is 0 Å². The van der Waals surface area contributed by atoms with Gasteiger partial charge >= 0.3 is 0 Å². The summed E-state index contributed by atoms with van der Waals surface area (Å²) in [6, 6.07) is 0. The maximum Gasteiger partial charge on any atom is 0.0675 e. The molecule has 0 aliphatic rings. The standard InChI is InChI=1S/C9H17N2P/c1-3-4-5-6-7-9-8(2)10-12-11-9/h12H,3-7H2,1-2H3. The van der Waals surface area contributed by atoms with Crippen LogP contribution in [0.25, 0.3) is 0 Å². The first-order chi connectivity index (χ1) is 5.84. The quantitative estimate of drug-likeness (QED) is 0.657. The van der Waals surface area contributed by atoms with Gasteiger partial charge in [-0.1, -0.05) is 26.2 Å². The van der Waals surface area contributed by atoms with Gasteiger partial charge in [0.15, 0.2) is 0 Å². The van der Waals surface area contributed by atoms with E-state index in [1.165, 1.54) is 37.1 Å². The van der Waals surface area contributed by atoms with Crippen LogP contribution in [0.3, 0.4) is 0 Å². The molecule has 1 rings (SSSR count). The second kappa shape index (κ2) is 5.31. The van der Waals surface area contributed by atoms with E-state index in [1.54, 1.807) is 0 Å². The summed E-state index contributed by atoms with van der Waals surface area (Å²) in [6.45, 7) is 4.31. The molecule has 0 N–H and O–H groups in total. The highest BCUT2D eigenvalue weighted by Crippen LogP contribution is 2.11. The maximum atomic E-state index is 4.36. The second-order valence-electron chi connectivity index (χ2n) is 3.17. The maximum absolute atomic E-state index is 4.36. The first kappa shape index (κ1) is 9.73. The van der Waals surface area contributed by atoms with Crippen molar-refractivity contribution in [3.8, 4) is 0 Å². The van der Waals surface area contributed by atoms with Gasteiger partial charge in [0, 0.05) is 0 Å². The summed E-state index contributed by atoms with van der Waals surface area (Å²) in [4.78, 5) is 0. The molecule has 0 aliphatic carbocycles. The Bertz CT molecular complexity index is 220. The molecule has 1 unspecified atom stereocenters. The van der Waals surface area contributed by atoms with Crippen molar-refractivity contribution < 1.29 is 0 Å². The van der Waals surface area contributed by atoms with E-state index in [0.29, 0.717) is 8.51 Å². The number of aryl methyl sites for hydroxylation is 2. The molecule has 68 valence electrons. The van der Waals surface area contributed by atoms with Crippen LogP contribution in [0.5, 0.6) is 0 Å². The third-order valence-electron chi connectivity index (χ3n) is 2.09. The highest BCUT2D eigenvalue weighted by Gasteiger charge is 2.00. The molecule has 1 heterocycles. The molecule has 0 aromatic carbocycles. The molecule has 0 bridgehead atoms. The minimum atomic E-state index is 0.457. The molecule has 3 heteroatoms. The molecular weight excluding hydrogens is 167 g/mol. The molecule has 12 heavy (non-hydrogen) atoms. The second-order valence-corrected chi connectivity index (χ2v) is 3.81. The Labute approximate surface area is 76.0 Å². The van der Waals surface area contributed by atoms with Crippen LogP contribution in [0.15, 0.2) is 0 Å². The third kappa shape index (κ3) is 2.94. The lowest BCUT2D eigenvalue weighted by Crippen LogP contribution is -1.88. The van der Waals surface area contributed by atoms with Crippen LogP contribution in [0.2, 0.25) is 0 Å². The van der Waals surface area contributed by atoms with Gasteiger partial charge in [0.25, 0.3) is 0 Å². The Hall–Kier alpha value is -0.360. The van der Waals surface area contributed by atoms with E-state index in [4.69, 9.17) is 0 Å². The van der Waals surface area contributed by atoms with Gasteiger partial charge < -0.3 is 0 Å². The van der Waals surface area contributed by atoms with Crippen molar-refractivity contribution in [2.24, 2.45) is 0 Å². The Kier molecular flexibility index (Phi) is 4.31. The number of hydrogen-bond acceptors (Lipinski definition) is 2. The van der Waals surface area contributed by atoms with E-state index >= 15 is 0 Å². The number of aromatic nitrogens is 2. The lowest BCUT2D eigenvalue weighted by molar-refractivity contribution is 0.661. The monoisotopic (exact) mass is 184 g/mol. The molecule has 1 atom stereocenters. The zero-order valence-electron chi connectivity index (χ0n) is 7.93. The predicted octanol–water partition coefficient (Wildman–Crippen LogP) is 2.94. The smallest absolute Gasteiger partial charge is 0.0675 e. The van der Waals surface area contributed by atoms with Gasteiger partial charge in [-0.3, -0.25) is 0 Å². The average Bonchev–Trinajstić information content (AvgIpc) is 2.46. The molecule has 1 aromatic heterocycles. The lowest BCUT2D eigenvalue weighted by atomic mass is 10.1. The highest BCUT2D eigenvalue weighted by atomic mass is 31.1. The van der Waals surface area contributed by atoms with Crippen LogP contribution in [0.1, 0.15) is 44.0 Å². The Balaban J connectivity index is 2.20. The van der Waals surface area contributed by atoms with Gasteiger partial charge in [-0.25, -0.2) is 9.49 Å². The molecule has 1 aromatic rings. The zero-order valence-corrected chi connectivity index (χ0v) is 8.93. The summed E-state index contributed by atoms with van der Waals surface area (Å²) in [5, 5.41) is 0. The van der Waals surface area contributed by atoms with Gasteiger partial charge in [0.2, 0.25) is 0 Å². The molecule has 0 radical (unpaired) electrons. The molecule has 0 fully saturated rings. The average molecular weight is 184 g/mol. The number of rotatable bonds is 5. The summed E-state index contributed by atoms with van der Waals surface area (Å²) in [6.07, 6.45) is 6.42. The van der Waals surface area contributed by atoms with Crippen molar-refractivity contribution in [3.05, 3.63) is 11.4 Å². The first-order valence-electron chi connectivity index (χ1n) is 4.71. The minimum Gasteiger partial charge on any atom is -0.225 e. The Morgan fingerprint density at radius 2 is 2.00 bits per heavy atom. The van der Waals surface area contributed by atoms with Crippen LogP contribution in [0.4, 0.5) is 0 Å². The van der Waals surface area contributed by atoms with E-state index in [0.717, 1.165) is 6.42 Å². The molecule has 0 amide bonds. The highest BCUT2D eigenvalue weighted by molar-refractivity contribution is 7.20. The predicted molar refractivity (Wildman–Crippen MR) is 54.1 cm³/mol. The van der Waals surface area contributed by atoms with Gasteiger partial charge in [-0.15, -0.1) is 0 Å². The molecular formula is C9H17N2P. The fraction of sp³-hybridized carbons (Fsp3) is 0.778. The number of hydrogen-bond donors (Lipinski definition) is 0. The van der Waals surface area contributed by atoms with Crippen molar-refractivity contribution in [2.45, 2.75) is 46.0 Å². The molecule has 0 aliphatic heterocycles. The van der Waals surface area contributed by atoms with E-state index in [1.807, 2.05) is 0 Å². The summed E-state index contributed by atoms with van der Waals surface area (Å²) < 4.78 is 8.61. The molecule has 0 spiro atoms.